The van der Waals surface area contributed by atoms with Crippen LogP contribution in [0.3, 0.4) is 0 Å². The molecule has 0 bridgehead atoms. The highest BCUT2D eigenvalue weighted by Gasteiger charge is 2.38. The first-order chi connectivity index (χ1) is 15.4. The second-order valence-corrected chi connectivity index (χ2v) is 8.30. The number of nitriles is 1. The number of methoxy groups -OCH3 is 1. The fraction of sp³-hybridized carbons (Fsp3) is 0.250. The zero-order valence-electron chi connectivity index (χ0n) is 17.3. The summed E-state index contributed by atoms with van der Waals surface area (Å²) in [5, 5.41) is 10.6. The van der Waals surface area contributed by atoms with Crippen LogP contribution in [0.1, 0.15) is 36.3 Å². The van der Waals surface area contributed by atoms with Crippen molar-refractivity contribution in [1.29, 1.82) is 5.26 Å². The molecule has 0 radical (unpaired) electrons. The van der Waals surface area contributed by atoms with Gasteiger partial charge in [0.2, 0.25) is 5.88 Å². The number of carbonyl (C=O) groups is 1. The first kappa shape index (κ1) is 22.1. The Hall–Kier alpha value is -3.14. The number of carbonyl (C=O) groups excluding carboxylic acids is 1. The third-order valence-electron chi connectivity index (χ3n) is 5.50. The summed E-state index contributed by atoms with van der Waals surface area (Å²) in [5.74, 6) is 0.917. The van der Waals surface area contributed by atoms with Crippen molar-refractivity contribution in [1.82, 2.24) is 0 Å². The van der Waals surface area contributed by atoms with Crippen molar-refractivity contribution in [3.8, 4) is 17.6 Å². The molecule has 6 nitrogen and oxygen atoms in total. The lowest BCUT2D eigenvalue weighted by Crippen LogP contribution is -2.27. The average molecular weight is 471 g/mol. The summed E-state index contributed by atoms with van der Waals surface area (Å²) in [6.45, 7) is 0.258. The molecular weight excluding hydrogens is 451 g/mol. The highest BCUT2D eigenvalue weighted by molar-refractivity contribution is 6.42. The van der Waals surface area contributed by atoms with Crippen LogP contribution >= 0.6 is 23.2 Å². The number of nitrogens with zero attached hydrogens (tertiary/aromatic N) is 1. The van der Waals surface area contributed by atoms with Crippen molar-refractivity contribution in [3.63, 3.8) is 0 Å². The molecule has 2 aromatic carbocycles. The normalized spacial score (nSPS) is 18.1. The minimum atomic E-state index is -0.602. The highest BCUT2D eigenvalue weighted by Crippen LogP contribution is 2.45. The molecule has 0 unspecified atom stereocenters. The molecule has 1 atom stereocenters. The topological polar surface area (TPSA) is 94.6 Å². The maximum atomic E-state index is 12.7. The van der Waals surface area contributed by atoms with Gasteiger partial charge < -0.3 is 19.9 Å². The van der Waals surface area contributed by atoms with Crippen molar-refractivity contribution in [2.75, 3.05) is 7.11 Å². The molecule has 1 aliphatic heterocycles. The van der Waals surface area contributed by atoms with Gasteiger partial charge in [-0.3, -0.25) is 4.79 Å². The molecule has 2 N–H and O–H groups in total. The monoisotopic (exact) mass is 470 g/mol. The van der Waals surface area contributed by atoms with Gasteiger partial charge in [-0.2, -0.15) is 5.26 Å². The van der Waals surface area contributed by atoms with Crippen LogP contribution < -0.4 is 15.2 Å². The van der Waals surface area contributed by atoms with E-state index < -0.39 is 5.92 Å². The van der Waals surface area contributed by atoms with E-state index in [-0.39, 0.29) is 23.8 Å². The number of nitrogens with two attached hydrogens (primary N) is 1. The Labute approximate surface area is 195 Å². The molecule has 0 saturated heterocycles. The van der Waals surface area contributed by atoms with Gasteiger partial charge in [-0.1, -0.05) is 35.3 Å². The third kappa shape index (κ3) is 4.14. The van der Waals surface area contributed by atoms with Crippen molar-refractivity contribution in [2.45, 2.75) is 31.8 Å². The summed E-state index contributed by atoms with van der Waals surface area (Å²) in [5.41, 5.74) is 8.28. The maximum absolute atomic E-state index is 12.7. The Bertz CT molecular complexity index is 1200. The van der Waals surface area contributed by atoms with Gasteiger partial charge in [-0.15, -0.1) is 0 Å². The fourth-order valence-electron chi connectivity index (χ4n) is 3.96. The molecule has 4 rings (SSSR count). The van der Waals surface area contributed by atoms with E-state index in [0.717, 1.165) is 5.56 Å². The minimum absolute atomic E-state index is 0.0320. The first-order valence-electron chi connectivity index (χ1n) is 10.0. The predicted molar refractivity (Wildman–Crippen MR) is 120 cm³/mol. The second-order valence-electron chi connectivity index (χ2n) is 7.49. The van der Waals surface area contributed by atoms with Crippen molar-refractivity contribution in [3.05, 3.63) is 80.4 Å². The molecular formula is C24H20Cl2N2O4. The first-order valence-corrected chi connectivity index (χ1v) is 10.8. The molecule has 0 aromatic heterocycles. The van der Waals surface area contributed by atoms with E-state index in [0.29, 0.717) is 57.7 Å². The second kappa shape index (κ2) is 9.15. The molecule has 2 aromatic rings. The van der Waals surface area contributed by atoms with Gasteiger partial charge in [0.1, 0.15) is 24.0 Å². The van der Waals surface area contributed by atoms with Crippen LogP contribution in [0.25, 0.3) is 0 Å². The molecule has 0 spiro atoms. The van der Waals surface area contributed by atoms with E-state index in [4.69, 9.17) is 43.1 Å². The molecule has 32 heavy (non-hydrogen) atoms. The van der Waals surface area contributed by atoms with Gasteiger partial charge in [0.05, 0.1) is 23.1 Å². The Kier molecular flexibility index (Phi) is 6.31. The largest absolute Gasteiger partial charge is 0.493 e. The average Bonchev–Trinajstić information content (AvgIpc) is 2.79. The summed E-state index contributed by atoms with van der Waals surface area (Å²) >= 11 is 12.0. The number of Topliss-reactive ketones (excluding diaryl/α,β-unsaturated/α-hetero) is 1. The molecule has 1 aliphatic carbocycles. The van der Waals surface area contributed by atoms with Gasteiger partial charge in [0.15, 0.2) is 17.3 Å². The van der Waals surface area contributed by atoms with Crippen LogP contribution in [0, 0.1) is 11.3 Å². The van der Waals surface area contributed by atoms with Gasteiger partial charge in [0, 0.05) is 18.4 Å². The molecule has 1 heterocycles. The number of allylic oxidation sites excluding steroid dienone is 3. The van der Waals surface area contributed by atoms with Crippen LogP contribution in [0.5, 0.6) is 11.5 Å². The quantitative estimate of drug-likeness (QED) is 0.628. The molecule has 0 fully saturated rings. The van der Waals surface area contributed by atoms with E-state index >= 15 is 0 Å². The molecule has 0 amide bonds. The summed E-state index contributed by atoms with van der Waals surface area (Å²) in [4.78, 5) is 12.7. The zero-order chi connectivity index (χ0) is 22.8. The van der Waals surface area contributed by atoms with E-state index in [9.17, 15) is 10.1 Å². The van der Waals surface area contributed by atoms with E-state index in [2.05, 4.69) is 6.07 Å². The van der Waals surface area contributed by atoms with E-state index in [1.54, 1.807) is 30.3 Å². The van der Waals surface area contributed by atoms with E-state index in [1.807, 2.05) is 6.07 Å². The number of ketones is 1. The fourth-order valence-corrected chi connectivity index (χ4v) is 4.28. The third-order valence-corrected chi connectivity index (χ3v) is 6.24. The lowest BCUT2D eigenvalue weighted by Gasteiger charge is -2.31. The number of hydrogen-bond donors (Lipinski definition) is 1. The minimum Gasteiger partial charge on any atom is -0.493 e. The van der Waals surface area contributed by atoms with Gasteiger partial charge in [-0.05, 0) is 41.8 Å². The van der Waals surface area contributed by atoms with Gasteiger partial charge in [0.25, 0.3) is 0 Å². The number of rotatable bonds is 5. The van der Waals surface area contributed by atoms with Crippen molar-refractivity contribution < 1.29 is 19.0 Å². The highest BCUT2D eigenvalue weighted by atomic mass is 35.5. The number of benzene rings is 2. The molecule has 0 saturated carbocycles. The van der Waals surface area contributed by atoms with Crippen LogP contribution in [0.2, 0.25) is 10.0 Å². The molecule has 2 aliphatic rings. The lowest BCUT2D eigenvalue weighted by molar-refractivity contribution is -0.116. The van der Waals surface area contributed by atoms with Crippen LogP contribution in [0.15, 0.2) is 59.2 Å². The number of ether oxygens (including phenoxy) is 3. The summed E-state index contributed by atoms with van der Waals surface area (Å²) in [6, 6.07) is 12.7. The molecule has 164 valence electrons. The van der Waals surface area contributed by atoms with Crippen molar-refractivity contribution >= 4 is 29.0 Å². The van der Waals surface area contributed by atoms with E-state index in [1.165, 1.54) is 7.11 Å². The van der Waals surface area contributed by atoms with Crippen LogP contribution in [-0.4, -0.2) is 12.9 Å². The van der Waals surface area contributed by atoms with Gasteiger partial charge in [-0.25, -0.2) is 0 Å². The smallest absolute Gasteiger partial charge is 0.205 e. The molecule has 8 heteroatoms. The summed E-state index contributed by atoms with van der Waals surface area (Å²) < 4.78 is 17.1. The standard InChI is InChI=1S/C24H20Cl2N2O4/c1-30-21-10-14(6-8-19(21)31-12-13-5-7-16(25)17(26)9-13)22-15(11-27)24(28)32-20-4-2-3-18(29)23(20)22/h5-10,22H,2-4,12,28H2,1H3/t22-/m1/s1. The van der Waals surface area contributed by atoms with Crippen molar-refractivity contribution in [2.24, 2.45) is 5.73 Å². The predicted octanol–water partition coefficient (Wildman–Crippen LogP) is 5.40. The number of hydrogen-bond acceptors (Lipinski definition) is 6. The Balaban J connectivity index is 1.67. The summed E-state index contributed by atoms with van der Waals surface area (Å²) in [7, 11) is 1.53. The lowest BCUT2D eigenvalue weighted by atomic mass is 9.77. The number of halogens is 2. The Morgan fingerprint density at radius 2 is 1.97 bits per heavy atom. The SMILES string of the molecule is COc1cc([C@@H]2C(C#N)=C(N)OC3=C2C(=O)CCC3)ccc1OCc1ccc(Cl)c(Cl)c1. The summed E-state index contributed by atoms with van der Waals surface area (Å²) in [6.07, 6.45) is 1.72. The van der Waals surface area contributed by atoms with Gasteiger partial charge >= 0.3 is 0 Å². The Morgan fingerprint density at radius 3 is 2.69 bits per heavy atom. The van der Waals surface area contributed by atoms with Crippen LogP contribution in [0.4, 0.5) is 0 Å². The zero-order valence-corrected chi connectivity index (χ0v) is 18.8. The maximum Gasteiger partial charge on any atom is 0.205 e. The van der Waals surface area contributed by atoms with Crippen LogP contribution in [-0.2, 0) is 16.1 Å². The Morgan fingerprint density at radius 1 is 1.16 bits per heavy atom.